The van der Waals surface area contributed by atoms with Crippen LogP contribution in [0.2, 0.25) is 5.02 Å². The Labute approximate surface area is 97.0 Å². The molecule has 0 aliphatic carbocycles. The van der Waals surface area contributed by atoms with Crippen LogP contribution in [0, 0.1) is 0 Å². The molecule has 0 spiro atoms. The van der Waals surface area contributed by atoms with Gasteiger partial charge in [-0.3, -0.25) is 9.59 Å². The molecule has 0 aromatic heterocycles. The topological polar surface area (TPSA) is 106 Å². The molecule has 0 saturated heterocycles. The van der Waals surface area contributed by atoms with Gasteiger partial charge in [-0.05, 0) is 12.1 Å². The summed E-state index contributed by atoms with van der Waals surface area (Å²) in [7, 11) is 0. The highest BCUT2D eigenvalue weighted by Gasteiger charge is 2.19. The molecule has 0 unspecified atom stereocenters. The molecule has 0 heterocycles. The quantitative estimate of drug-likeness (QED) is 0.537. The number of benzene rings is 1. The Balaban J connectivity index is 2.89. The fraction of sp³-hybridized carbons (Fsp3) is 0.200. The lowest BCUT2D eigenvalue weighted by molar-refractivity contribution is -0.138. The summed E-state index contributed by atoms with van der Waals surface area (Å²) in [5.41, 5.74) is 11.2. The lowest BCUT2D eigenvalue weighted by Gasteiger charge is -2.08. The molecule has 0 fully saturated rings. The van der Waals surface area contributed by atoms with Gasteiger partial charge in [-0.2, -0.15) is 0 Å². The van der Waals surface area contributed by atoms with Crippen LogP contribution < -0.4 is 11.5 Å². The van der Waals surface area contributed by atoms with Gasteiger partial charge in [0.15, 0.2) is 5.78 Å². The zero-order chi connectivity index (χ0) is 12.3. The first kappa shape index (κ1) is 12.5. The largest absolute Gasteiger partial charge is 0.480 e. The SMILES string of the molecule is Nc1c(Cl)cccc1C(=O)C[C@@H](N)C(=O)O. The number of carboxylic acid groups (broad SMARTS) is 1. The highest BCUT2D eigenvalue weighted by Crippen LogP contribution is 2.23. The van der Waals surface area contributed by atoms with Crippen molar-refractivity contribution < 1.29 is 14.7 Å². The number of carbonyl (C=O) groups excluding carboxylic acids is 1. The van der Waals surface area contributed by atoms with Crippen LogP contribution in [0.4, 0.5) is 5.69 Å². The van der Waals surface area contributed by atoms with Gasteiger partial charge in [-0.15, -0.1) is 0 Å². The molecule has 6 heteroatoms. The predicted octanol–water partition coefficient (Wildman–Crippen LogP) is 0.907. The Morgan fingerprint density at radius 1 is 1.44 bits per heavy atom. The average molecular weight is 243 g/mol. The Bertz CT molecular complexity index is 434. The number of nitrogens with two attached hydrogens (primary N) is 2. The number of rotatable bonds is 4. The van der Waals surface area contributed by atoms with E-state index in [0.29, 0.717) is 0 Å². The minimum absolute atomic E-state index is 0.145. The zero-order valence-electron chi connectivity index (χ0n) is 8.31. The summed E-state index contributed by atoms with van der Waals surface area (Å²) in [6, 6.07) is 3.37. The van der Waals surface area contributed by atoms with Gasteiger partial charge in [-0.25, -0.2) is 0 Å². The van der Waals surface area contributed by atoms with Crippen molar-refractivity contribution in [1.29, 1.82) is 0 Å². The Morgan fingerprint density at radius 3 is 2.62 bits per heavy atom. The molecule has 1 aromatic carbocycles. The first-order valence-electron chi connectivity index (χ1n) is 4.49. The molecule has 1 rings (SSSR count). The van der Waals surface area contributed by atoms with Crippen molar-refractivity contribution in [2.75, 3.05) is 5.73 Å². The molecular formula is C10H11ClN2O3. The van der Waals surface area contributed by atoms with Crippen molar-refractivity contribution in [3.63, 3.8) is 0 Å². The number of hydrogen-bond acceptors (Lipinski definition) is 4. The number of anilines is 1. The average Bonchev–Trinajstić information content (AvgIpc) is 2.21. The molecule has 0 amide bonds. The van der Waals surface area contributed by atoms with E-state index in [1.165, 1.54) is 6.07 Å². The first-order valence-corrected chi connectivity index (χ1v) is 4.87. The van der Waals surface area contributed by atoms with Crippen LogP contribution in [0.5, 0.6) is 0 Å². The summed E-state index contributed by atoms with van der Waals surface area (Å²) < 4.78 is 0. The molecule has 86 valence electrons. The molecule has 0 aliphatic rings. The van der Waals surface area contributed by atoms with Crippen molar-refractivity contribution >= 4 is 29.0 Å². The molecule has 1 atom stereocenters. The van der Waals surface area contributed by atoms with Gasteiger partial charge in [-0.1, -0.05) is 17.7 Å². The number of halogens is 1. The van der Waals surface area contributed by atoms with E-state index >= 15 is 0 Å². The number of carboxylic acids is 1. The molecule has 16 heavy (non-hydrogen) atoms. The normalized spacial score (nSPS) is 12.1. The maximum Gasteiger partial charge on any atom is 0.320 e. The van der Waals surface area contributed by atoms with E-state index in [-0.39, 0.29) is 22.7 Å². The summed E-state index contributed by atoms with van der Waals surface area (Å²) >= 11 is 5.73. The van der Waals surface area contributed by atoms with Gasteiger partial charge in [0, 0.05) is 12.0 Å². The highest BCUT2D eigenvalue weighted by molar-refractivity contribution is 6.34. The summed E-state index contributed by atoms with van der Waals surface area (Å²) in [6.07, 6.45) is -0.306. The van der Waals surface area contributed by atoms with E-state index in [0.717, 1.165) is 0 Å². The molecule has 1 aromatic rings. The smallest absolute Gasteiger partial charge is 0.320 e. The summed E-state index contributed by atoms with van der Waals surface area (Å²) in [6.45, 7) is 0. The third kappa shape index (κ3) is 2.71. The Hall–Kier alpha value is -1.59. The van der Waals surface area contributed by atoms with Gasteiger partial charge in [0.25, 0.3) is 0 Å². The standard InChI is InChI=1S/C10H11ClN2O3/c11-6-3-1-2-5(9(6)13)8(14)4-7(12)10(15)16/h1-3,7H,4,12-13H2,(H,15,16)/t7-/m1/s1. The molecular weight excluding hydrogens is 232 g/mol. The van der Waals surface area contributed by atoms with E-state index in [1.54, 1.807) is 12.1 Å². The van der Waals surface area contributed by atoms with E-state index < -0.39 is 17.8 Å². The van der Waals surface area contributed by atoms with Crippen molar-refractivity contribution in [1.82, 2.24) is 0 Å². The van der Waals surface area contributed by atoms with Gasteiger partial charge in [0.05, 0.1) is 10.7 Å². The minimum Gasteiger partial charge on any atom is -0.480 e. The third-order valence-electron chi connectivity index (χ3n) is 2.08. The minimum atomic E-state index is -1.23. The monoisotopic (exact) mass is 242 g/mol. The van der Waals surface area contributed by atoms with Crippen LogP contribution in [0.3, 0.4) is 0 Å². The van der Waals surface area contributed by atoms with Gasteiger partial charge >= 0.3 is 5.97 Å². The van der Waals surface area contributed by atoms with Crippen LogP contribution in [-0.4, -0.2) is 22.9 Å². The number of aliphatic carboxylic acids is 1. The lowest BCUT2D eigenvalue weighted by Crippen LogP contribution is -2.32. The molecule has 0 aliphatic heterocycles. The molecule has 5 nitrogen and oxygen atoms in total. The summed E-state index contributed by atoms with van der Waals surface area (Å²) in [5.74, 6) is -1.66. The van der Waals surface area contributed by atoms with Crippen LogP contribution in [0.15, 0.2) is 18.2 Å². The van der Waals surface area contributed by atoms with E-state index in [2.05, 4.69) is 0 Å². The second kappa shape index (κ2) is 4.96. The second-order valence-electron chi connectivity index (χ2n) is 3.27. The van der Waals surface area contributed by atoms with Crippen molar-refractivity contribution in [2.45, 2.75) is 12.5 Å². The number of carbonyl (C=O) groups is 2. The molecule has 0 saturated carbocycles. The number of nitrogen functional groups attached to an aromatic ring is 1. The van der Waals surface area contributed by atoms with Crippen molar-refractivity contribution in [3.05, 3.63) is 28.8 Å². The van der Waals surface area contributed by atoms with E-state index in [4.69, 9.17) is 28.2 Å². The van der Waals surface area contributed by atoms with Crippen molar-refractivity contribution in [3.8, 4) is 0 Å². The maximum atomic E-state index is 11.7. The Morgan fingerprint density at radius 2 is 2.06 bits per heavy atom. The lowest BCUT2D eigenvalue weighted by atomic mass is 10.0. The van der Waals surface area contributed by atoms with Crippen LogP contribution in [0.25, 0.3) is 0 Å². The van der Waals surface area contributed by atoms with Crippen LogP contribution >= 0.6 is 11.6 Å². The first-order chi connectivity index (χ1) is 7.43. The number of para-hydroxylation sites is 1. The van der Waals surface area contributed by atoms with Gasteiger partial charge in [0.2, 0.25) is 0 Å². The highest BCUT2D eigenvalue weighted by atomic mass is 35.5. The maximum absolute atomic E-state index is 11.7. The number of Topliss-reactive ketones (excluding diaryl/α,β-unsaturated/α-hetero) is 1. The zero-order valence-corrected chi connectivity index (χ0v) is 9.07. The molecule has 5 N–H and O–H groups in total. The number of hydrogen-bond donors (Lipinski definition) is 3. The van der Waals surface area contributed by atoms with Crippen LogP contribution in [0.1, 0.15) is 16.8 Å². The Kier molecular flexibility index (Phi) is 3.87. The fourth-order valence-electron chi connectivity index (χ4n) is 1.18. The summed E-state index contributed by atoms with van der Waals surface area (Å²) in [4.78, 5) is 22.1. The predicted molar refractivity (Wildman–Crippen MR) is 60.4 cm³/mol. The molecule has 0 bridgehead atoms. The summed E-state index contributed by atoms with van der Waals surface area (Å²) in [5, 5.41) is 8.83. The van der Waals surface area contributed by atoms with Crippen LogP contribution in [-0.2, 0) is 4.79 Å². The second-order valence-corrected chi connectivity index (χ2v) is 3.68. The number of ketones is 1. The van der Waals surface area contributed by atoms with Gasteiger partial charge in [0.1, 0.15) is 6.04 Å². The van der Waals surface area contributed by atoms with E-state index in [1.807, 2.05) is 0 Å². The van der Waals surface area contributed by atoms with Crippen molar-refractivity contribution in [2.24, 2.45) is 5.73 Å². The van der Waals surface area contributed by atoms with Gasteiger partial charge < -0.3 is 16.6 Å². The molecule has 0 radical (unpaired) electrons. The third-order valence-corrected chi connectivity index (χ3v) is 2.41. The fourth-order valence-corrected chi connectivity index (χ4v) is 1.35. The van der Waals surface area contributed by atoms with E-state index in [9.17, 15) is 9.59 Å².